The smallest absolute Gasteiger partial charge is 0.175 e. The first-order chi connectivity index (χ1) is 9.88. The molecule has 1 aromatic carbocycles. The predicted molar refractivity (Wildman–Crippen MR) is 82.7 cm³/mol. The maximum Gasteiger partial charge on any atom is 0.175 e. The second-order valence-corrected chi connectivity index (χ2v) is 7.42. The van der Waals surface area contributed by atoms with E-state index in [4.69, 9.17) is 0 Å². The zero-order valence-corrected chi connectivity index (χ0v) is 13.4. The Bertz CT molecular complexity index is 688. The summed E-state index contributed by atoms with van der Waals surface area (Å²) < 4.78 is 24.9. The average molecular weight is 307 g/mol. The molecule has 0 amide bonds. The topological polar surface area (TPSA) is 64.0 Å². The molecule has 114 valence electrons. The first-order valence-corrected chi connectivity index (χ1v) is 8.77. The quantitative estimate of drug-likeness (QED) is 0.888. The number of rotatable bonds is 6. The summed E-state index contributed by atoms with van der Waals surface area (Å²) in [5.41, 5.74) is 2.19. The second-order valence-electron chi connectivity index (χ2n) is 5.41. The number of sulfone groups is 1. The lowest BCUT2D eigenvalue weighted by Crippen LogP contribution is -2.16. The van der Waals surface area contributed by atoms with Gasteiger partial charge in [-0.15, -0.1) is 0 Å². The molecule has 2 aromatic rings. The van der Waals surface area contributed by atoms with Crippen LogP contribution in [-0.2, 0) is 22.9 Å². The van der Waals surface area contributed by atoms with Gasteiger partial charge in [-0.1, -0.05) is 12.1 Å². The van der Waals surface area contributed by atoms with Crippen LogP contribution in [0.1, 0.15) is 31.1 Å². The summed E-state index contributed by atoms with van der Waals surface area (Å²) in [7, 11) is -3.12. The van der Waals surface area contributed by atoms with Crippen LogP contribution in [0.3, 0.4) is 0 Å². The zero-order valence-electron chi connectivity index (χ0n) is 12.6. The molecule has 0 bridgehead atoms. The van der Waals surface area contributed by atoms with Crippen molar-refractivity contribution in [2.24, 2.45) is 0 Å². The van der Waals surface area contributed by atoms with Gasteiger partial charge in [0, 0.05) is 31.6 Å². The second kappa shape index (κ2) is 6.41. The van der Waals surface area contributed by atoms with E-state index in [1.807, 2.05) is 24.7 Å². The molecular weight excluding hydrogens is 286 g/mol. The van der Waals surface area contributed by atoms with Crippen molar-refractivity contribution in [3.8, 4) is 0 Å². The summed E-state index contributed by atoms with van der Waals surface area (Å²) >= 11 is 0. The van der Waals surface area contributed by atoms with Gasteiger partial charge in [0.15, 0.2) is 9.84 Å². The molecule has 5 nitrogen and oxygen atoms in total. The minimum atomic E-state index is -3.12. The minimum Gasteiger partial charge on any atom is -0.331 e. The molecule has 0 saturated heterocycles. The standard InChI is InChI=1S/C15H21N3O2S/c1-12(2)18-11-17-10-14(18)9-16-8-13-4-6-15(7-5-13)21(3,19)20/h4-7,10-12,16H,8-9H2,1-3H3. The summed E-state index contributed by atoms with van der Waals surface area (Å²) in [6.07, 6.45) is 4.91. The molecule has 0 radical (unpaired) electrons. The summed E-state index contributed by atoms with van der Waals surface area (Å²) in [6, 6.07) is 7.35. The van der Waals surface area contributed by atoms with E-state index in [0.717, 1.165) is 17.8 Å². The van der Waals surface area contributed by atoms with E-state index < -0.39 is 9.84 Å². The van der Waals surface area contributed by atoms with E-state index in [2.05, 4.69) is 28.7 Å². The highest BCUT2D eigenvalue weighted by Crippen LogP contribution is 2.11. The van der Waals surface area contributed by atoms with Gasteiger partial charge in [-0.3, -0.25) is 0 Å². The van der Waals surface area contributed by atoms with Crippen molar-refractivity contribution in [2.75, 3.05) is 6.26 Å². The molecule has 0 aliphatic rings. The number of nitrogens with one attached hydrogen (secondary N) is 1. The normalized spacial score (nSPS) is 12.0. The number of aromatic nitrogens is 2. The van der Waals surface area contributed by atoms with Crippen LogP contribution in [0, 0.1) is 0 Å². The molecule has 0 aliphatic carbocycles. The van der Waals surface area contributed by atoms with Gasteiger partial charge in [0.25, 0.3) is 0 Å². The molecule has 6 heteroatoms. The molecule has 1 N–H and O–H groups in total. The van der Waals surface area contributed by atoms with E-state index in [1.165, 1.54) is 6.26 Å². The molecule has 0 fully saturated rings. The van der Waals surface area contributed by atoms with Crippen LogP contribution < -0.4 is 5.32 Å². The van der Waals surface area contributed by atoms with Crippen molar-refractivity contribution in [1.82, 2.24) is 14.9 Å². The Kier molecular flexibility index (Phi) is 4.80. The van der Waals surface area contributed by atoms with E-state index >= 15 is 0 Å². The summed E-state index contributed by atoms with van der Waals surface area (Å²) in [6.45, 7) is 5.66. The third-order valence-electron chi connectivity index (χ3n) is 3.29. The molecular formula is C15H21N3O2S. The van der Waals surface area contributed by atoms with Crippen molar-refractivity contribution >= 4 is 9.84 Å². The monoisotopic (exact) mass is 307 g/mol. The number of imidazole rings is 1. The molecule has 21 heavy (non-hydrogen) atoms. The van der Waals surface area contributed by atoms with Gasteiger partial charge in [-0.05, 0) is 31.5 Å². The average Bonchev–Trinajstić information content (AvgIpc) is 2.87. The van der Waals surface area contributed by atoms with E-state index in [9.17, 15) is 8.42 Å². The molecule has 0 spiro atoms. The number of hydrogen-bond donors (Lipinski definition) is 1. The van der Waals surface area contributed by atoms with Gasteiger partial charge in [0.2, 0.25) is 0 Å². The Morgan fingerprint density at radius 1 is 1.19 bits per heavy atom. The van der Waals surface area contributed by atoms with Crippen LogP contribution in [-0.4, -0.2) is 24.2 Å². The third kappa shape index (κ3) is 4.15. The minimum absolute atomic E-state index is 0.351. The zero-order chi connectivity index (χ0) is 15.5. The van der Waals surface area contributed by atoms with Gasteiger partial charge in [0.1, 0.15) is 0 Å². The van der Waals surface area contributed by atoms with E-state index in [0.29, 0.717) is 17.5 Å². The molecule has 0 atom stereocenters. The SMILES string of the molecule is CC(C)n1cncc1CNCc1ccc(S(C)(=O)=O)cc1. The van der Waals surface area contributed by atoms with Crippen LogP contribution in [0.2, 0.25) is 0 Å². The van der Waals surface area contributed by atoms with Crippen molar-refractivity contribution in [3.05, 3.63) is 48.0 Å². The Morgan fingerprint density at radius 3 is 2.43 bits per heavy atom. The maximum atomic E-state index is 11.4. The van der Waals surface area contributed by atoms with Crippen LogP contribution >= 0.6 is 0 Å². The fraction of sp³-hybridized carbons (Fsp3) is 0.400. The molecule has 1 aromatic heterocycles. The Labute approximate surface area is 125 Å². The number of nitrogens with zero attached hydrogens (tertiary/aromatic N) is 2. The lowest BCUT2D eigenvalue weighted by atomic mass is 10.2. The van der Waals surface area contributed by atoms with Gasteiger partial charge < -0.3 is 9.88 Å². The van der Waals surface area contributed by atoms with Gasteiger partial charge in [0.05, 0.1) is 16.9 Å². The molecule has 1 heterocycles. The lowest BCUT2D eigenvalue weighted by Gasteiger charge is -2.12. The van der Waals surface area contributed by atoms with Crippen LogP contribution in [0.5, 0.6) is 0 Å². The number of benzene rings is 1. The summed E-state index contributed by atoms with van der Waals surface area (Å²) in [4.78, 5) is 4.51. The third-order valence-corrected chi connectivity index (χ3v) is 4.42. The number of hydrogen-bond acceptors (Lipinski definition) is 4. The fourth-order valence-electron chi connectivity index (χ4n) is 2.12. The predicted octanol–water partition coefficient (Wildman–Crippen LogP) is 2.16. The fourth-order valence-corrected chi connectivity index (χ4v) is 2.75. The highest BCUT2D eigenvalue weighted by molar-refractivity contribution is 7.90. The highest BCUT2D eigenvalue weighted by Gasteiger charge is 2.07. The van der Waals surface area contributed by atoms with Gasteiger partial charge >= 0.3 is 0 Å². The summed E-state index contributed by atoms with van der Waals surface area (Å²) in [5.74, 6) is 0. The maximum absolute atomic E-state index is 11.4. The molecule has 0 unspecified atom stereocenters. The Hall–Kier alpha value is -1.66. The largest absolute Gasteiger partial charge is 0.331 e. The Balaban J connectivity index is 1.93. The van der Waals surface area contributed by atoms with Gasteiger partial charge in [-0.2, -0.15) is 0 Å². The Morgan fingerprint density at radius 2 is 1.86 bits per heavy atom. The molecule has 0 aliphatic heterocycles. The first-order valence-electron chi connectivity index (χ1n) is 6.88. The van der Waals surface area contributed by atoms with Crippen LogP contribution in [0.4, 0.5) is 0 Å². The molecule has 2 rings (SSSR count). The first kappa shape index (κ1) is 15.7. The van der Waals surface area contributed by atoms with E-state index in [1.54, 1.807) is 12.1 Å². The van der Waals surface area contributed by atoms with Crippen molar-refractivity contribution in [3.63, 3.8) is 0 Å². The highest BCUT2D eigenvalue weighted by atomic mass is 32.2. The van der Waals surface area contributed by atoms with Crippen molar-refractivity contribution < 1.29 is 8.42 Å². The lowest BCUT2D eigenvalue weighted by molar-refractivity contribution is 0.550. The summed E-state index contributed by atoms with van der Waals surface area (Å²) in [5, 5.41) is 3.35. The van der Waals surface area contributed by atoms with E-state index in [-0.39, 0.29) is 0 Å². The van der Waals surface area contributed by atoms with Crippen LogP contribution in [0.25, 0.3) is 0 Å². The van der Waals surface area contributed by atoms with Crippen LogP contribution in [0.15, 0.2) is 41.7 Å². The molecule has 0 saturated carbocycles. The van der Waals surface area contributed by atoms with Crippen molar-refractivity contribution in [2.45, 2.75) is 37.9 Å². The van der Waals surface area contributed by atoms with Gasteiger partial charge in [-0.25, -0.2) is 13.4 Å². The van der Waals surface area contributed by atoms with Crippen molar-refractivity contribution in [1.29, 1.82) is 0 Å².